The fourth-order valence-electron chi connectivity index (χ4n) is 2.69. The number of nitrogens with one attached hydrogen (secondary N) is 1. The van der Waals surface area contributed by atoms with Crippen molar-refractivity contribution in [2.45, 2.75) is 32.2 Å². The van der Waals surface area contributed by atoms with Crippen molar-refractivity contribution in [3.63, 3.8) is 0 Å². The van der Waals surface area contributed by atoms with Crippen molar-refractivity contribution in [3.8, 4) is 11.3 Å². The minimum absolute atomic E-state index is 0.616. The molecule has 1 fully saturated rings. The SMILES string of the molecule is CC1CCC(Nc2cccc(-c3cnco3)c2)C1. The molecule has 0 amide bonds. The molecule has 3 rings (SSSR count). The first-order chi connectivity index (χ1) is 8.81. The lowest BCUT2D eigenvalue weighted by Gasteiger charge is -2.14. The second-order valence-corrected chi connectivity index (χ2v) is 5.21. The Morgan fingerprint density at radius 2 is 2.28 bits per heavy atom. The quantitative estimate of drug-likeness (QED) is 0.885. The monoisotopic (exact) mass is 242 g/mol. The van der Waals surface area contributed by atoms with E-state index in [1.807, 2.05) is 6.07 Å². The van der Waals surface area contributed by atoms with Crippen LogP contribution in [0.3, 0.4) is 0 Å². The zero-order valence-electron chi connectivity index (χ0n) is 10.6. The van der Waals surface area contributed by atoms with E-state index in [9.17, 15) is 0 Å². The van der Waals surface area contributed by atoms with Crippen LogP contribution < -0.4 is 5.32 Å². The third-order valence-electron chi connectivity index (χ3n) is 3.65. The summed E-state index contributed by atoms with van der Waals surface area (Å²) in [5, 5.41) is 3.61. The molecular formula is C15H18N2O. The Morgan fingerprint density at radius 1 is 1.33 bits per heavy atom. The molecule has 2 atom stereocenters. The number of aromatic nitrogens is 1. The molecule has 0 aliphatic heterocycles. The Balaban J connectivity index is 1.75. The molecule has 0 radical (unpaired) electrons. The molecule has 3 heteroatoms. The molecule has 1 aliphatic carbocycles. The Bertz CT molecular complexity index is 507. The average Bonchev–Trinajstić information content (AvgIpc) is 3.01. The second-order valence-electron chi connectivity index (χ2n) is 5.21. The number of hydrogen-bond acceptors (Lipinski definition) is 3. The van der Waals surface area contributed by atoms with Crippen LogP contribution in [0.1, 0.15) is 26.2 Å². The average molecular weight is 242 g/mol. The highest BCUT2D eigenvalue weighted by molar-refractivity contribution is 5.63. The lowest BCUT2D eigenvalue weighted by molar-refractivity contribution is 0.572. The van der Waals surface area contributed by atoms with Gasteiger partial charge in [-0.1, -0.05) is 19.1 Å². The standard InChI is InChI=1S/C15H18N2O/c1-11-5-6-14(7-11)17-13-4-2-3-12(8-13)15-9-16-10-18-15/h2-4,8-11,14,17H,5-7H2,1H3. The molecule has 0 bridgehead atoms. The summed E-state index contributed by atoms with van der Waals surface area (Å²) in [6.07, 6.45) is 7.09. The maximum Gasteiger partial charge on any atom is 0.181 e. The van der Waals surface area contributed by atoms with Crippen LogP contribution in [-0.4, -0.2) is 11.0 Å². The molecule has 0 saturated heterocycles. The van der Waals surface area contributed by atoms with Gasteiger partial charge in [0, 0.05) is 17.3 Å². The molecule has 1 N–H and O–H groups in total. The summed E-state index contributed by atoms with van der Waals surface area (Å²) in [4.78, 5) is 3.95. The first kappa shape index (κ1) is 11.3. The maximum absolute atomic E-state index is 5.32. The van der Waals surface area contributed by atoms with Crippen molar-refractivity contribution in [3.05, 3.63) is 36.9 Å². The van der Waals surface area contributed by atoms with Crippen molar-refractivity contribution >= 4 is 5.69 Å². The first-order valence-electron chi connectivity index (χ1n) is 6.57. The normalized spacial score (nSPS) is 23.2. The third-order valence-corrected chi connectivity index (χ3v) is 3.65. The highest BCUT2D eigenvalue weighted by atomic mass is 16.3. The summed E-state index contributed by atoms with van der Waals surface area (Å²) < 4.78 is 5.32. The molecule has 1 heterocycles. The van der Waals surface area contributed by atoms with E-state index in [4.69, 9.17) is 4.42 Å². The number of anilines is 1. The van der Waals surface area contributed by atoms with Crippen molar-refractivity contribution in [1.82, 2.24) is 4.98 Å². The molecule has 94 valence electrons. The Kier molecular flexibility index (Phi) is 3.05. The minimum Gasteiger partial charge on any atom is -0.444 e. The maximum atomic E-state index is 5.32. The fourth-order valence-corrected chi connectivity index (χ4v) is 2.69. The molecule has 2 aromatic rings. The van der Waals surface area contributed by atoms with E-state index < -0.39 is 0 Å². The van der Waals surface area contributed by atoms with Gasteiger partial charge >= 0.3 is 0 Å². The molecule has 18 heavy (non-hydrogen) atoms. The highest BCUT2D eigenvalue weighted by Gasteiger charge is 2.20. The lowest BCUT2D eigenvalue weighted by atomic mass is 10.1. The molecule has 1 aliphatic rings. The van der Waals surface area contributed by atoms with Crippen LogP contribution in [0.2, 0.25) is 0 Å². The summed E-state index contributed by atoms with van der Waals surface area (Å²) in [5.41, 5.74) is 2.24. The van der Waals surface area contributed by atoms with Crippen LogP contribution in [0.4, 0.5) is 5.69 Å². The third kappa shape index (κ3) is 2.40. The van der Waals surface area contributed by atoms with E-state index in [1.54, 1.807) is 6.20 Å². The number of benzene rings is 1. The van der Waals surface area contributed by atoms with Crippen LogP contribution in [-0.2, 0) is 0 Å². The van der Waals surface area contributed by atoms with Gasteiger partial charge in [0.15, 0.2) is 12.2 Å². The van der Waals surface area contributed by atoms with Gasteiger partial charge in [-0.05, 0) is 37.3 Å². The van der Waals surface area contributed by atoms with Gasteiger partial charge in [-0.15, -0.1) is 0 Å². The number of oxazole rings is 1. The summed E-state index contributed by atoms with van der Waals surface area (Å²) >= 11 is 0. The van der Waals surface area contributed by atoms with Gasteiger partial charge in [0.1, 0.15) is 0 Å². The zero-order valence-corrected chi connectivity index (χ0v) is 10.6. The van der Waals surface area contributed by atoms with Crippen molar-refractivity contribution in [2.24, 2.45) is 5.92 Å². The van der Waals surface area contributed by atoms with E-state index in [0.717, 1.165) is 17.2 Å². The van der Waals surface area contributed by atoms with Gasteiger partial charge in [0.2, 0.25) is 0 Å². The Morgan fingerprint density at radius 3 is 3.00 bits per heavy atom. The van der Waals surface area contributed by atoms with Crippen LogP contribution in [0, 0.1) is 5.92 Å². The molecule has 1 saturated carbocycles. The summed E-state index contributed by atoms with van der Waals surface area (Å²) in [5.74, 6) is 1.67. The fraction of sp³-hybridized carbons (Fsp3) is 0.400. The number of rotatable bonds is 3. The van der Waals surface area contributed by atoms with Crippen molar-refractivity contribution in [1.29, 1.82) is 0 Å². The highest BCUT2D eigenvalue weighted by Crippen LogP contribution is 2.29. The van der Waals surface area contributed by atoms with E-state index in [2.05, 4.69) is 35.4 Å². The van der Waals surface area contributed by atoms with Crippen LogP contribution in [0.25, 0.3) is 11.3 Å². The topological polar surface area (TPSA) is 38.1 Å². The first-order valence-corrected chi connectivity index (χ1v) is 6.57. The summed E-state index contributed by atoms with van der Waals surface area (Å²) in [6, 6.07) is 8.96. The van der Waals surface area contributed by atoms with Crippen molar-refractivity contribution < 1.29 is 4.42 Å². The summed E-state index contributed by atoms with van der Waals surface area (Å²) in [6.45, 7) is 2.33. The Labute approximate surface area is 107 Å². The minimum atomic E-state index is 0.616. The van der Waals surface area contributed by atoms with Gasteiger partial charge in [0.25, 0.3) is 0 Å². The molecule has 3 nitrogen and oxygen atoms in total. The van der Waals surface area contributed by atoms with Crippen LogP contribution in [0.5, 0.6) is 0 Å². The van der Waals surface area contributed by atoms with Gasteiger partial charge < -0.3 is 9.73 Å². The van der Waals surface area contributed by atoms with E-state index in [0.29, 0.717) is 6.04 Å². The summed E-state index contributed by atoms with van der Waals surface area (Å²) in [7, 11) is 0. The largest absolute Gasteiger partial charge is 0.444 e. The van der Waals surface area contributed by atoms with Gasteiger partial charge in [-0.25, -0.2) is 4.98 Å². The number of hydrogen-bond donors (Lipinski definition) is 1. The smallest absolute Gasteiger partial charge is 0.181 e. The van der Waals surface area contributed by atoms with E-state index >= 15 is 0 Å². The van der Waals surface area contributed by atoms with Gasteiger partial charge in [0.05, 0.1) is 6.20 Å². The van der Waals surface area contributed by atoms with E-state index in [1.165, 1.54) is 31.3 Å². The second kappa shape index (κ2) is 4.84. The zero-order chi connectivity index (χ0) is 12.4. The van der Waals surface area contributed by atoms with E-state index in [-0.39, 0.29) is 0 Å². The number of nitrogens with zero attached hydrogens (tertiary/aromatic N) is 1. The molecule has 0 spiro atoms. The van der Waals surface area contributed by atoms with Gasteiger partial charge in [-0.2, -0.15) is 0 Å². The Hall–Kier alpha value is -1.77. The molecular weight excluding hydrogens is 224 g/mol. The molecule has 2 unspecified atom stereocenters. The predicted octanol–water partition coefficient (Wildman–Crippen LogP) is 3.94. The van der Waals surface area contributed by atoms with Crippen LogP contribution in [0.15, 0.2) is 41.3 Å². The van der Waals surface area contributed by atoms with Gasteiger partial charge in [-0.3, -0.25) is 0 Å². The van der Waals surface area contributed by atoms with Crippen molar-refractivity contribution in [2.75, 3.05) is 5.32 Å². The van der Waals surface area contributed by atoms with Crippen LogP contribution >= 0.6 is 0 Å². The molecule has 1 aromatic carbocycles. The predicted molar refractivity (Wildman–Crippen MR) is 72.4 cm³/mol. The molecule has 1 aromatic heterocycles. The lowest BCUT2D eigenvalue weighted by Crippen LogP contribution is -2.15.